The van der Waals surface area contributed by atoms with Crippen LogP contribution in [0.4, 0.5) is 5.69 Å². The van der Waals surface area contributed by atoms with Crippen molar-refractivity contribution in [3.63, 3.8) is 0 Å². The second kappa shape index (κ2) is 6.89. The summed E-state index contributed by atoms with van der Waals surface area (Å²) in [7, 11) is 1.63. The molecule has 4 rings (SSSR count). The highest BCUT2D eigenvalue weighted by Crippen LogP contribution is 2.32. The number of aromatic nitrogens is 4. The van der Waals surface area contributed by atoms with E-state index in [-0.39, 0.29) is 16.4 Å². The first kappa shape index (κ1) is 17.3. The molecular weight excluding hydrogens is 386 g/mol. The van der Waals surface area contributed by atoms with E-state index in [0.29, 0.717) is 15.4 Å². The summed E-state index contributed by atoms with van der Waals surface area (Å²) in [5, 5.41) is 11.9. The molecule has 10 heteroatoms. The van der Waals surface area contributed by atoms with E-state index < -0.39 is 4.92 Å². The average molecular weight is 397 g/mol. The van der Waals surface area contributed by atoms with Gasteiger partial charge in [-0.25, -0.2) is 15.0 Å². The number of nitro groups is 1. The predicted molar refractivity (Wildman–Crippen MR) is 103 cm³/mol. The highest BCUT2D eigenvalue weighted by Gasteiger charge is 2.15. The maximum absolute atomic E-state index is 12.7. The van der Waals surface area contributed by atoms with Gasteiger partial charge in [0.25, 0.3) is 5.56 Å². The lowest BCUT2D eigenvalue weighted by atomic mass is 10.2. The van der Waals surface area contributed by atoms with Gasteiger partial charge in [0, 0.05) is 11.9 Å². The molecule has 0 aliphatic heterocycles. The fourth-order valence-electron chi connectivity index (χ4n) is 2.42. The van der Waals surface area contributed by atoms with Crippen molar-refractivity contribution in [3.05, 3.63) is 69.3 Å². The van der Waals surface area contributed by atoms with Gasteiger partial charge >= 0.3 is 5.69 Å². The van der Waals surface area contributed by atoms with Gasteiger partial charge in [0.15, 0.2) is 10.3 Å². The van der Waals surface area contributed by atoms with Crippen molar-refractivity contribution < 1.29 is 4.92 Å². The molecule has 27 heavy (non-hydrogen) atoms. The third kappa shape index (κ3) is 3.32. The molecule has 3 aromatic heterocycles. The van der Waals surface area contributed by atoms with E-state index in [1.807, 2.05) is 36.4 Å². The van der Waals surface area contributed by atoms with Gasteiger partial charge in [-0.2, -0.15) is 0 Å². The van der Waals surface area contributed by atoms with Crippen LogP contribution in [0.25, 0.3) is 20.7 Å². The fraction of sp³-hybridized carbons (Fsp3) is 0.0588. The van der Waals surface area contributed by atoms with Gasteiger partial charge < -0.3 is 0 Å². The van der Waals surface area contributed by atoms with Crippen LogP contribution in [0.1, 0.15) is 0 Å². The second-order valence-corrected chi connectivity index (χ2v) is 7.50. The van der Waals surface area contributed by atoms with Crippen LogP contribution in [0.3, 0.4) is 0 Å². The largest absolute Gasteiger partial charge is 0.305 e. The molecule has 0 radical (unpaired) electrons. The van der Waals surface area contributed by atoms with Crippen LogP contribution in [0.2, 0.25) is 0 Å². The van der Waals surface area contributed by atoms with Crippen LogP contribution in [0, 0.1) is 10.1 Å². The van der Waals surface area contributed by atoms with Crippen LogP contribution in [-0.4, -0.2) is 24.4 Å². The highest BCUT2D eigenvalue weighted by molar-refractivity contribution is 7.99. The van der Waals surface area contributed by atoms with Crippen molar-refractivity contribution in [3.8, 4) is 10.4 Å². The topological polar surface area (TPSA) is 104 Å². The van der Waals surface area contributed by atoms with Gasteiger partial charge in [-0.3, -0.25) is 19.5 Å². The maximum atomic E-state index is 12.7. The van der Waals surface area contributed by atoms with Crippen molar-refractivity contribution in [2.75, 3.05) is 0 Å². The van der Waals surface area contributed by atoms with Crippen molar-refractivity contribution >= 4 is 39.0 Å². The molecule has 1 aromatic carbocycles. The molecule has 134 valence electrons. The summed E-state index contributed by atoms with van der Waals surface area (Å²) in [6.45, 7) is 0. The number of hydrogen-bond donors (Lipinski definition) is 0. The molecule has 0 aliphatic carbocycles. The van der Waals surface area contributed by atoms with Crippen LogP contribution < -0.4 is 5.56 Å². The quantitative estimate of drug-likeness (QED) is 0.295. The number of hydrogen-bond acceptors (Lipinski definition) is 8. The van der Waals surface area contributed by atoms with Crippen molar-refractivity contribution in [2.45, 2.75) is 10.3 Å². The molecule has 0 saturated carbocycles. The van der Waals surface area contributed by atoms with Gasteiger partial charge in [-0.05, 0) is 23.4 Å². The van der Waals surface area contributed by atoms with E-state index in [0.717, 1.165) is 34.6 Å². The number of fused-ring (bicyclic) bond motifs is 1. The molecule has 0 atom stereocenters. The smallest absolute Gasteiger partial charge is 0.290 e. The molecule has 8 nitrogen and oxygen atoms in total. The summed E-state index contributed by atoms with van der Waals surface area (Å²) >= 11 is 2.52. The number of rotatable bonds is 4. The van der Waals surface area contributed by atoms with E-state index in [1.165, 1.54) is 15.9 Å². The summed E-state index contributed by atoms with van der Waals surface area (Å²) in [6.07, 6.45) is 2.26. The first-order chi connectivity index (χ1) is 13.0. The highest BCUT2D eigenvalue weighted by atomic mass is 32.2. The number of benzene rings is 1. The van der Waals surface area contributed by atoms with E-state index in [4.69, 9.17) is 0 Å². The summed E-state index contributed by atoms with van der Waals surface area (Å²) in [5.74, 6) is 0. The second-order valence-electron chi connectivity index (χ2n) is 5.54. The van der Waals surface area contributed by atoms with Crippen molar-refractivity contribution in [1.82, 2.24) is 19.5 Å². The number of thiophene rings is 1. The lowest BCUT2D eigenvalue weighted by molar-refractivity contribution is -0.385. The normalized spacial score (nSPS) is 11.0. The van der Waals surface area contributed by atoms with E-state index in [2.05, 4.69) is 15.0 Å². The third-order valence-corrected chi connectivity index (χ3v) is 5.82. The van der Waals surface area contributed by atoms with Crippen molar-refractivity contribution in [2.24, 2.45) is 7.05 Å². The average Bonchev–Trinajstić information content (AvgIpc) is 3.11. The van der Waals surface area contributed by atoms with Crippen LogP contribution >= 0.6 is 23.1 Å². The monoisotopic (exact) mass is 397 g/mol. The first-order valence-electron chi connectivity index (χ1n) is 7.73. The van der Waals surface area contributed by atoms with Crippen molar-refractivity contribution in [1.29, 1.82) is 0 Å². The Labute approximate surface area is 160 Å². The molecular formula is C17H11N5O3S2. The third-order valence-electron chi connectivity index (χ3n) is 3.80. The zero-order chi connectivity index (χ0) is 19.0. The summed E-state index contributed by atoms with van der Waals surface area (Å²) < 4.78 is 1.43. The molecule has 4 aromatic rings. The zero-order valence-corrected chi connectivity index (χ0v) is 15.5. The Bertz CT molecular complexity index is 1200. The minimum absolute atomic E-state index is 0.164. The molecule has 3 heterocycles. The van der Waals surface area contributed by atoms with Gasteiger partial charge in [0.05, 0.1) is 10.3 Å². The van der Waals surface area contributed by atoms with Gasteiger partial charge in [-0.1, -0.05) is 30.3 Å². The lowest BCUT2D eigenvalue weighted by Gasteiger charge is -2.05. The van der Waals surface area contributed by atoms with Gasteiger partial charge in [-0.15, -0.1) is 11.3 Å². The van der Waals surface area contributed by atoms with Crippen LogP contribution in [0.15, 0.2) is 63.9 Å². The molecule has 0 spiro atoms. The molecule has 0 unspecified atom stereocenters. The van der Waals surface area contributed by atoms with Gasteiger partial charge in [0.1, 0.15) is 17.2 Å². The standard InChI is InChI=1S/C17H11N5O3S2/c1-21-15(23)12-7-13(10-5-3-2-4-6-10)26-14(12)20-17(21)27-16-18-8-11(9-19-16)22(24)25/h2-9H,1H3. The molecule has 0 bridgehead atoms. The summed E-state index contributed by atoms with van der Waals surface area (Å²) in [6, 6.07) is 11.6. The number of nitrogens with zero attached hydrogens (tertiary/aromatic N) is 5. The molecule has 0 saturated heterocycles. The maximum Gasteiger partial charge on any atom is 0.305 e. The predicted octanol–water partition coefficient (Wildman–Crippen LogP) is 3.51. The minimum atomic E-state index is -0.564. The minimum Gasteiger partial charge on any atom is -0.290 e. The zero-order valence-electron chi connectivity index (χ0n) is 13.9. The molecule has 0 aliphatic rings. The van der Waals surface area contributed by atoms with Gasteiger partial charge in [0.2, 0.25) is 0 Å². The van der Waals surface area contributed by atoms with Crippen LogP contribution in [-0.2, 0) is 7.05 Å². The molecule has 0 fully saturated rings. The Kier molecular flexibility index (Phi) is 4.42. The summed E-state index contributed by atoms with van der Waals surface area (Å²) in [4.78, 5) is 36.9. The lowest BCUT2D eigenvalue weighted by Crippen LogP contribution is -2.19. The van der Waals surface area contributed by atoms with Crippen LogP contribution in [0.5, 0.6) is 0 Å². The molecule has 0 amide bonds. The Morgan fingerprint density at radius 1 is 1.19 bits per heavy atom. The van der Waals surface area contributed by atoms with E-state index in [9.17, 15) is 14.9 Å². The van der Waals surface area contributed by atoms with E-state index in [1.54, 1.807) is 7.05 Å². The first-order valence-corrected chi connectivity index (χ1v) is 9.36. The summed E-state index contributed by atoms with van der Waals surface area (Å²) in [5.41, 5.74) is 0.667. The SMILES string of the molecule is Cn1c(Sc2ncc([N+](=O)[O-])cn2)nc2sc(-c3ccccc3)cc2c1=O. The fourth-order valence-corrected chi connectivity index (χ4v) is 4.24. The Balaban J connectivity index is 1.74. The molecule has 0 N–H and O–H groups in total. The Morgan fingerprint density at radius 3 is 2.56 bits per heavy atom. The van der Waals surface area contributed by atoms with E-state index >= 15 is 0 Å². The Morgan fingerprint density at radius 2 is 1.89 bits per heavy atom. The Hall–Kier alpha value is -3.11.